The summed E-state index contributed by atoms with van der Waals surface area (Å²) in [7, 11) is 1.41. The molecule has 0 aromatic rings. The fraction of sp³-hybridized carbons (Fsp3) is 0.692. The molecule has 100 valence electrons. The third-order valence-corrected chi connectivity index (χ3v) is 1.94. The predicted octanol–water partition coefficient (Wildman–Crippen LogP) is 2.88. The highest BCUT2D eigenvalue weighted by atomic mass is 16.5. The van der Waals surface area contributed by atoms with Crippen LogP contribution in [0, 0.1) is 11.3 Å². The first-order valence-corrected chi connectivity index (χ1v) is 5.64. The van der Waals surface area contributed by atoms with Gasteiger partial charge in [0.2, 0.25) is 0 Å². The average molecular weight is 244 g/mol. The Hall–Kier alpha value is -1.32. The summed E-state index contributed by atoms with van der Waals surface area (Å²) in [6, 6.07) is 0. The number of ether oxygens (including phenoxy) is 1. The molecule has 17 heavy (non-hydrogen) atoms. The first-order chi connectivity index (χ1) is 7.64. The fourth-order valence-electron chi connectivity index (χ4n) is 0.689. The van der Waals surface area contributed by atoms with Gasteiger partial charge in [-0.2, -0.15) is 0 Å². The van der Waals surface area contributed by atoms with Crippen LogP contribution >= 0.6 is 0 Å². The summed E-state index contributed by atoms with van der Waals surface area (Å²) in [6.45, 7) is 9.67. The van der Waals surface area contributed by atoms with Crippen LogP contribution in [0.3, 0.4) is 0 Å². The van der Waals surface area contributed by atoms with Crippen molar-refractivity contribution in [3.8, 4) is 0 Å². The molecule has 0 aromatic carbocycles. The first-order valence-electron chi connectivity index (χ1n) is 5.64. The standard InChI is InChI=1S/C7H12O2.C6H12O2/c1-7(2,3)5-4-6(8)9;1-4-5(2)6(7)8-3/h4-5H,1-3H3,(H,8,9);5H,4H2,1-3H3. The molecule has 0 fully saturated rings. The van der Waals surface area contributed by atoms with E-state index in [-0.39, 0.29) is 17.3 Å². The molecule has 1 N–H and O–H groups in total. The number of aliphatic carboxylic acids is 1. The molecule has 0 saturated heterocycles. The van der Waals surface area contributed by atoms with Crippen molar-refractivity contribution in [1.82, 2.24) is 0 Å². The maximum atomic E-state index is 10.5. The van der Waals surface area contributed by atoms with Gasteiger partial charge in [0.25, 0.3) is 0 Å². The maximum absolute atomic E-state index is 10.5. The quantitative estimate of drug-likeness (QED) is 0.612. The number of methoxy groups -OCH3 is 1. The molecule has 0 amide bonds. The molecule has 0 saturated carbocycles. The van der Waals surface area contributed by atoms with Gasteiger partial charge >= 0.3 is 11.9 Å². The van der Waals surface area contributed by atoms with Crippen molar-refractivity contribution in [2.45, 2.75) is 41.0 Å². The van der Waals surface area contributed by atoms with Crippen molar-refractivity contribution in [3.05, 3.63) is 12.2 Å². The minimum atomic E-state index is -0.884. The fourth-order valence-corrected chi connectivity index (χ4v) is 0.689. The van der Waals surface area contributed by atoms with Crippen molar-refractivity contribution >= 4 is 11.9 Å². The van der Waals surface area contributed by atoms with E-state index in [0.717, 1.165) is 6.42 Å². The molecule has 0 heterocycles. The lowest BCUT2D eigenvalue weighted by Gasteiger charge is -2.09. The van der Waals surface area contributed by atoms with E-state index in [2.05, 4.69) is 4.74 Å². The zero-order valence-corrected chi connectivity index (χ0v) is 11.6. The van der Waals surface area contributed by atoms with Crippen molar-refractivity contribution in [2.75, 3.05) is 7.11 Å². The second-order valence-electron chi connectivity index (χ2n) is 4.87. The lowest BCUT2D eigenvalue weighted by atomic mass is 9.96. The Morgan fingerprint density at radius 1 is 1.35 bits per heavy atom. The van der Waals surface area contributed by atoms with Crippen LogP contribution < -0.4 is 0 Å². The summed E-state index contributed by atoms with van der Waals surface area (Å²) in [5.74, 6) is -0.947. The first kappa shape index (κ1) is 18.1. The van der Waals surface area contributed by atoms with E-state index in [1.165, 1.54) is 13.2 Å². The predicted molar refractivity (Wildman–Crippen MR) is 67.7 cm³/mol. The lowest BCUT2D eigenvalue weighted by molar-refractivity contribution is -0.144. The zero-order chi connectivity index (χ0) is 14.1. The molecule has 0 aliphatic heterocycles. The maximum Gasteiger partial charge on any atom is 0.327 e. The van der Waals surface area contributed by atoms with Crippen LogP contribution in [0.1, 0.15) is 41.0 Å². The number of allylic oxidation sites excluding steroid dienone is 1. The van der Waals surface area contributed by atoms with E-state index < -0.39 is 5.97 Å². The molecule has 0 aromatic heterocycles. The summed E-state index contributed by atoms with van der Waals surface area (Å²) in [5, 5.41) is 8.19. The smallest absolute Gasteiger partial charge is 0.327 e. The molecule has 1 atom stereocenters. The monoisotopic (exact) mass is 244 g/mol. The van der Waals surface area contributed by atoms with Gasteiger partial charge in [-0.25, -0.2) is 4.79 Å². The SMILES string of the molecule is CC(C)(C)C=CC(=O)O.CCC(C)C(=O)OC. The number of esters is 1. The van der Waals surface area contributed by atoms with Crippen LogP contribution in [0.4, 0.5) is 0 Å². The van der Waals surface area contributed by atoms with Gasteiger partial charge in [0.1, 0.15) is 0 Å². The summed E-state index contributed by atoms with van der Waals surface area (Å²) < 4.78 is 4.46. The highest BCUT2D eigenvalue weighted by molar-refractivity contribution is 5.79. The van der Waals surface area contributed by atoms with Gasteiger partial charge in [0.15, 0.2) is 0 Å². The van der Waals surface area contributed by atoms with Gasteiger partial charge < -0.3 is 9.84 Å². The van der Waals surface area contributed by atoms with Crippen LogP contribution in [0.5, 0.6) is 0 Å². The van der Waals surface area contributed by atoms with Crippen molar-refractivity contribution in [2.24, 2.45) is 11.3 Å². The number of rotatable bonds is 3. The Morgan fingerprint density at radius 2 is 1.82 bits per heavy atom. The Balaban J connectivity index is 0. The number of carboxylic acid groups (broad SMARTS) is 1. The third-order valence-electron chi connectivity index (χ3n) is 1.94. The second kappa shape index (κ2) is 8.79. The highest BCUT2D eigenvalue weighted by Crippen LogP contribution is 2.13. The van der Waals surface area contributed by atoms with E-state index in [1.54, 1.807) is 6.08 Å². The Bertz CT molecular complexity index is 261. The summed E-state index contributed by atoms with van der Waals surface area (Å²) in [6.07, 6.45) is 3.68. The van der Waals surface area contributed by atoms with E-state index in [9.17, 15) is 9.59 Å². The lowest BCUT2D eigenvalue weighted by Crippen LogP contribution is -2.10. The van der Waals surface area contributed by atoms with E-state index in [4.69, 9.17) is 5.11 Å². The largest absolute Gasteiger partial charge is 0.478 e. The minimum absolute atomic E-state index is 0.0294. The summed E-state index contributed by atoms with van der Waals surface area (Å²) >= 11 is 0. The van der Waals surface area contributed by atoms with Gasteiger partial charge in [0.05, 0.1) is 13.0 Å². The van der Waals surface area contributed by atoms with Gasteiger partial charge in [-0.3, -0.25) is 4.79 Å². The molecule has 0 rings (SSSR count). The number of carbonyl (C=O) groups excluding carboxylic acids is 1. The Morgan fingerprint density at radius 3 is 1.94 bits per heavy atom. The van der Waals surface area contributed by atoms with Gasteiger partial charge in [0, 0.05) is 6.08 Å². The summed E-state index contributed by atoms with van der Waals surface area (Å²) in [5.41, 5.74) is -0.0294. The molecule has 0 aliphatic carbocycles. The third kappa shape index (κ3) is 14.7. The van der Waals surface area contributed by atoms with E-state index >= 15 is 0 Å². The van der Waals surface area contributed by atoms with Gasteiger partial charge in [-0.15, -0.1) is 0 Å². The van der Waals surface area contributed by atoms with Crippen LogP contribution in [0.25, 0.3) is 0 Å². The van der Waals surface area contributed by atoms with Crippen molar-refractivity contribution < 1.29 is 19.4 Å². The number of hydrogen-bond donors (Lipinski definition) is 1. The molecular formula is C13H24O4. The highest BCUT2D eigenvalue weighted by Gasteiger charge is 2.08. The number of carboxylic acids is 1. The molecule has 4 nitrogen and oxygen atoms in total. The van der Waals surface area contributed by atoms with Crippen molar-refractivity contribution in [3.63, 3.8) is 0 Å². The molecule has 0 aliphatic rings. The topological polar surface area (TPSA) is 63.6 Å². The molecular weight excluding hydrogens is 220 g/mol. The van der Waals surface area contributed by atoms with Crippen LogP contribution in [0.15, 0.2) is 12.2 Å². The molecule has 1 unspecified atom stereocenters. The number of hydrogen-bond acceptors (Lipinski definition) is 3. The summed E-state index contributed by atoms with van der Waals surface area (Å²) in [4.78, 5) is 20.5. The Labute approximate surface area is 104 Å². The van der Waals surface area contributed by atoms with E-state index in [0.29, 0.717) is 0 Å². The number of carbonyl (C=O) groups is 2. The minimum Gasteiger partial charge on any atom is -0.478 e. The molecule has 0 radical (unpaired) electrons. The Kier molecular flexibility index (Phi) is 9.33. The second-order valence-corrected chi connectivity index (χ2v) is 4.87. The normalized spacial score (nSPS) is 12.6. The van der Waals surface area contributed by atoms with Gasteiger partial charge in [-0.1, -0.05) is 40.7 Å². The van der Waals surface area contributed by atoms with Gasteiger partial charge in [-0.05, 0) is 11.8 Å². The van der Waals surface area contributed by atoms with Crippen molar-refractivity contribution in [1.29, 1.82) is 0 Å². The average Bonchev–Trinajstić information content (AvgIpc) is 2.24. The van der Waals surface area contributed by atoms with Crippen LogP contribution in [-0.4, -0.2) is 24.2 Å². The van der Waals surface area contributed by atoms with Crippen LogP contribution in [-0.2, 0) is 14.3 Å². The molecule has 0 spiro atoms. The zero-order valence-electron chi connectivity index (χ0n) is 11.6. The molecule has 4 heteroatoms. The molecule has 0 bridgehead atoms. The van der Waals surface area contributed by atoms with Crippen LogP contribution in [0.2, 0.25) is 0 Å². The van der Waals surface area contributed by atoms with E-state index in [1.807, 2.05) is 34.6 Å².